The quantitative estimate of drug-likeness (QED) is 0.359. The minimum absolute atomic E-state index is 0.0567. The predicted octanol–water partition coefficient (Wildman–Crippen LogP) is 5.62. The van der Waals surface area contributed by atoms with Crippen LogP contribution in [0.15, 0.2) is 53.9 Å². The summed E-state index contributed by atoms with van der Waals surface area (Å²) in [5, 5.41) is 5.35. The summed E-state index contributed by atoms with van der Waals surface area (Å²) in [5.74, 6) is -1.12. The number of carbonyl (C=O) groups is 3. The number of benzene rings is 2. The van der Waals surface area contributed by atoms with E-state index in [9.17, 15) is 27.6 Å². The topological polar surface area (TPSA) is 97.8 Å². The number of amides is 2. The highest BCUT2D eigenvalue weighted by molar-refractivity contribution is 7.10. The number of aromatic nitrogens is 1. The molecule has 0 unspecified atom stereocenters. The van der Waals surface area contributed by atoms with Crippen molar-refractivity contribution in [2.45, 2.75) is 38.0 Å². The van der Waals surface area contributed by atoms with Gasteiger partial charge in [0.05, 0.1) is 18.5 Å². The molecule has 206 valence electrons. The van der Waals surface area contributed by atoms with Gasteiger partial charge in [-0.2, -0.15) is 0 Å². The average Bonchev–Trinajstić information content (AvgIpc) is 3.42. The first-order chi connectivity index (χ1) is 18.6. The molecule has 0 spiro atoms. The second-order valence-corrected chi connectivity index (χ2v) is 9.76. The van der Waals surface area contributed by atoms with Crippen molar-refractivity contribution in [1.82, 2.24) is 9.88 Å². The third-order valence-corrected chi connectivity index (χ3v) is 7.30. The number of nitrogens with one attached hydrogen (secondary N) is 1. The summed E-state index contributed by atoms with van der Waals surface area (Å²) in [4.78, 5) is 42.9. The molecular formula is C27H26F3N3O5S. The molecular weight excluding hydrogens is 535 g/mol. The number of halogens is 3. The van der Waals surface area contributed by atoms with Gasteiger partial charge in [0.25, 0.3) is 5.91 Å². The molecule has 2 aromatic carbocycles. The van der Waals surface area contributed by atoms with Crippen LogP contribution in [0.2, 0.25) is 0 Å². The lowest BCUT2D eigenvalue weighted by Gasteiger charge is -2.31. The minimum Gasteiger partial charge on any atom is -0.469 e. The van der Waals surface area contributed by atoms with E-state index in [2.05, 4.69) is 19.8 Å². The molecule has 1 saturated heterocycles. The van der Waals surface area contributed by atoms with E-state index in [1.807, 2.05) is 0 Å². The molecule has 0 saturated carbocycles. The van der Waals surface area contributed by atoms with Gasteiger partial charge in [-0.15, -0.1) is 24.5 Å². The molecule has 0 atom stereocenters. The zero-order valence-corrected chi connectivity index (χ0v) is 21.8. The maximum Gasteiger partial charge on any atom is 0.573 e. The standard InChI is InChI=1S/C27H26F3N3O5S/c1-37-24(35)11-10-23(34)33-14-12-18(13-15-33)26-32-22(16-39-26)25(36)31-21-5-3-2-4-20(21)17-6-8-19(9-7-17)38-27(28,29)30/h2-9,16,18H,10-15H2,1H3,(H,31,36). The average molecular weight is 562 g/mol. The van der Waals surface area contributed by atoms with Crippen LogP contribution in [0.1, 0.15) is 47.1 Å². The molecule has 0 aliphatic carbocycles. The van der Waals surface area contributed by atoms with E-state index in [-0.39, 0.29) is 36.1 Å². The highest BCUT2D eigenvalue weighted by Gasteiger charge is 2.31. The first-order valence-electron chi connectivity index (χ1n) is 12.2. The Morgan fingerprint density at radius 1 is 1.05 bits per heavy atom. The van der Waals surface area contributed by atoms with E-state index in [1.54, 1.807) is 34.5 Å². The number of methoxy groups -OCH3 is 1. The normalized spacial score (nSPS) is 14.1. The van der Waals surface area contributed by atoms with Crippen LogP contribution in [0.3, 0.4) is 0 Å². The highest BCUT2D eigenvalue weighted by atomic mass is 32.1. The predicted molar refractivity (Wildman–Crippen MR) is 138 cm³/mol. The Morgan fingerprint density at radius 2 is 1.74 bits per heavy atom. The van der Waals surface area contributed by atoms with E-state index in [4.69, 9.17) is 0 Å². The van der Waals surface area contributed by atoms with Gasteiger partial charge in [0.2, 0.25) is 5.91 Å². The fourth-order valence-corrected chi connectivity index (χ4v) is 5.26. The number of para-hydroxylation sites is 1. The molecule has 1 aliphatic heterocycles. The third kappa shape index (κ3) is 7.56. The van der Waals surface area contributed by atoms with Gasteiger partial charge in [-0.1, -0.05) is 30.3 Å². The van der Waals surface area contributed by atoms with E-state index < -0.39 is 18.2 Å². The Bertz CT molecular complexity index is 1320. The summed E-state index contributed by atoms with van der Waals surface area (Å²) in [5.41, 5.74) is 1.98. The number of hydrogen-bond acceptors (Lipinski definition) is 7. The number of carbonyl (C=O) groups excluding carboxylic acids is 3. The van der Waals surface area contributed by atoms with Crippen LogP contribution in [0, 0.1) is 0 Å². The Labute approximate surface area is 226 Å². The van der Waals surface area contributed by atoms with Crippen molar-refractivity contribution in [3.63, 3.8) is 0 Å². The van der Waals surface area contributed by atoms with E-state index in [0.29, 0.717) is 42.7 Å². The van der Waals surface area contributed by atoms with Crippen LogP contribution in [0.25, 0.3) is 11.1 Å². The van der Waals surface area contributed by atoms with Gasteiger partial charge in [-0.3, -0.25) is 14.4 Å². The van der Waals surface area contributed by atoms with Crippen molar-refractivity contribution in [3.05, 3.63) is 64.6 Å². The van der Waals surface area contributed by atoms with E-state index in [1.165, 1.54) is 42.7 Å². The number of thiazole rings is 1. The van der Waals surface area contributed by atoms with Gasteiger partial charge >= 0.3 is 12.3 Å². The lowest BCUT2D eigenvalue weighted by Crippen LogP contribution is -2.38. The summed E-state index contributed by atoms with van der Waals surface area (Å²) in [6.07, 6.45) is -3.20. The molecule has 39 heavy (non-hydrogen) atoms. The maximum absolute atomic E-state index is 13.0. The molecule has 8 nitrogen and oxygen atoms in total. The molecule has 3 aromatic rings. The molecule has 1 aliphatic rings. The largest absolute Gasteiger partial charge is 0.573 e. The fourth-order valence-electron chi connectivity index (χ4n) is 4.29. The summed E-state index contributed by atoms with van der Waals surface area (Å²) in [6, 6.07) is 12.4. The third-order valence-electron chi connectivity index (χ3n) is 6.30. The maximum atomic E-state index is 13.0. The van der Waals surface area contributed by atoms with Crippen molar-refractivity contribution in [3.8, 4) is 16.9 Å². The van der Waals surface area contributed by atoms with Crippen molar-refractivity contribution >= 4 is 34.8 Å². The SMILES string of the molecule is COC(=O)CCC(=O)N1CCC(c2nc(C(=O)Nc3ccccc3-c3ccc(OC(F)(F)F)cc3)cs2)CC1. The van der Waals surface area contributed by atoms with Crippen LogP contribution >= 0.6 is 11.3 Å². The first kappa shape index (κ1) is 28.1. The highest BCUT2D eigenvalue weighted by Crippen LogP contribution is 2.33. The smallest absolute Gasteiger partial charge is 0.469 e. The van der Waals surface area contributed by atoms with Crippen molar-refractivity contribution in [1.29, 1.82) is 0 Å². The number of ether oxygens (including phenoxy) is 2. The van der Waals surface area contributed by atoms with E-state index in [0.717, 1.165) is 5.01 Å². The molecule has 0 radical (unpaired) electrons. The van der Waals surface area contributed by atoms with Crippen LogP contribution in [-0.2, 0) is 14.3 Å². The number of anilines is 1. The molecule has 2 amide bonds. The van der Waals surface area contributed by atoms with Gasteiger partial charge in [0.15, 0.2) is 0 Å². The molecule has 1 N–H and O–H groups in total. The number of nitrogens with zero attached hydrogens (tertiary/aromatic N) is 2. The zero-order valence-electron chi connectivity index (χ0n) is 21.0. The number of piperidine rings is 1. The number of hydrogen-bond donors (Lipinski definition) is 1. The molecule has 2 heterocycles. The van der Waals surface area contributed by atoms with Gasteiger partial charge < -0.3 is 19.7 Å². The summed E-state index contributed by atoms with van der Waals surface area (Å²) >= 11 is 1.39. The second-order valence-electron chi connectivity index (χ2n) is 8.87. The Hall–Kier alpha value is -3.93. The Kier molecular flexibility index (Phi) is 8.85. The zero-order chi connectivity index (χ0) is 28.0. The number of alkyl halides is 3. The Balaban J connectivity index is 1.36. The summed E-state index contributed by atoms with van der Waals surface area (Å²) in [6.45, 7) is 1.10. The lowest BCUT2D eigenvalue weighted by atomic mass is 9.97. The van der Waals surface area contributed by atoms with Gasteiger partial charge in [-0.05, 0) is 36.6 Å². The molecule has 1 fully saturated rings. The summed E-state index contributed by atoms with van der Waals surface area (Å²) in [7, 11) is 1.29. The minimum atomic E-state index is -4.78. The van der Waals surface area contributed by atoms with Crippen LogP contribution < -0.4 is 10.1 Å². The molecule has 4 rings (SSSR count). The van der Waals surface area contributed by atoms with Crippen molar-refractivity contribution < 1.29 is 37.0 Å². The van der Waals surface area contributed by atoms with Gasteiger partial charge in [0.1, 0.15) is 11.4 Å². The lowest BCUT2D eigenvalue weighted by molar-refractivity contribution is -0.274. The molecule has 12 heteroatoms. The Morgan fingerprint density at radius 3 is 2.41 bits per heavy atom. The van der Waals surface area contributed by atoms with Crippen LogP contribution in [0.4, 0.5) is 18.9 Å². The van der Waals surface area contributed by atoms with Crippen LogP contribution in [-0.4, -0.2) is 54.2 Å². The number of likely N-dealkylation sites (tertiary alicyclic amines) is 1. The van der Waals surface area contributed by atoms with Crippen molar-refractivity contribution in [2.75, 3.05) is 25.5 Å². The second kappa shape index (κ2) is 12.3. The van der Waals surface area contributed by atoms with E-state index >= 15 is 0 Å². The van der Waals surface area contributed by atoms with Crippen LogP contribution in [0.5, 0.6) is 5.75 Å². The van der Waals surface area contributed by atoms with Gasteiger partial charge in [-0.25, -0.2) is 4.98 Å². The van der Waals surface area contributed by atoms with Gasteiger partial charge in [0, 0.05) is 42.1 Å². The fraction of sp³-hybridized carbons (Fsp3) is 0.333. The number of rotatable bonds is 8. The molecule has 1 aromatic heterocycles. The van der Waals surface area contributed by atoms with Crippen molar-refractivity contribution in [2.24, 2.45) is 0 Å². The summed E-state index contributed by atoms with van der Waals surface area (Å²) < 4.78 is 45.9. The number of esters is 1. The first-order valence-corrected chi connectivity index (χ1v) is 13.1. The monoisotopic (exact) mass is 561 g/mol. The molecule has 0 bridgehead atoms.